The smallest absolute Gasteiger partial charge is 0.321 e. The van der Waals surface area contributed by atoms with Crippen molar-refractivity contribution in [2.24, 2.45) is 64.6 Å². The normalized spacial score (nSPS) is 69.1. The molecule has 0 unspecified atom stereocenters. The SMILES string of the molecule is O=C(O)C1(C(=O)O)[C@H]2[C@@H]3[C@H]4[C@H]5C[C@H]6[C@@H]4[C@@H]3[C@H]1[C@H]6[C@@H]52. The molecule has 0 radical (unpaired) electrons. The number of carboxylic acids is 2. The van der Waals surface area contributed by atoms with Crippen LogP contribution in [0.5, 0.6) is 0 Å². The largest absolute Gasteiger partial charge is 0.480 e. The standard InChI is InChI=1S/C14H14O4/c15-12(16)14(13(17)18)10-6-2-1-3-5-4(2)8(10)9(5)11(14)7(3)6/h2-11H,1H2,(H,15,16)(H,17,18)/t2-,3+,4-,5-,6+,7+,8-,9+,10+,11+/m0/s1. The lowest BCUT2D eigenvalue weighted by Gasteiger charge is -2.44. The maximum Gasteiger partial charge on any atom is 0.321 e. The Balaban J connectivity index is 1.69. The van der Waals surface area contributed by atoms with E-state index in [9.17, 15) is 19.8 Å². The Bertz CT molecular complexity index is 502. The summed E-state index contributed by atoms with van der Waals surface area (Å²) in [5.74, 6) is 2.56. The molecule has 0 saturated heterocycles. The Kier molecular flexibility index (Phi) is 1.00. The average Bonchev–Trinajstić information content (AvgIpc) is 2.85. The van der Waals surface area contributed by atoms with E-state index in [0.717, 1.165) is 11.8 Å². The minimum Gasteiger partial charge on any atom is -0.480 e. The molecule has 7 aliphatic rings. The summed E-state index contributed by atoms with van der Waals surface area (Å²) >= 11 is 0. The monoisotopic (exact) mass is 246 g/mol. The molecule has 0 aromatic heterocycles. The van der Waals surface area contributed by atoms with Crippen LogP contribution in [0.3, 0.4) is 0 Å². The molecule has 0 aromatic rings. The molecule has 7 saturated carbocycles. The van der Waals surface area contributed by atoms with E-state index < -0.39 is 17.4 Å². The lowest BCUT2D eigenvalue weighted by molar-refractivity contribution is -0.169. The summed E-state index contributed by atoms with van der Waals surface area (Å²) in [6, 6.07) is 0. The zero-order valence-corrected chi connectivity index (χ0v) is 9.69. The van der Waals surface area contributed by atoms with Crippen LogP contribution in [0.1, 0.15) is 6.42 Å². The third-order valence-electron chi connectivity index (χ3n) is 8.16. The van der Waals surface area contributed by atoms with Crippen molar-refractivity contribution >= 4 is 11.9 Å². The zero-order chi connectivity index (χ0) is 12.1. The molecule has 7 aliphatic carbocycles. The fraction of sp³-hybridized carbons (Fsp3) is 0.857. The van der Waals surface area contributed by atoms with E-state index in [0.29, 0.717) is 35.5 Å². The second kappa shape index (κ2) is 2.02. The molecule has 0 aromatic carbocycles. The van der Waals surface area contributed by atoms with Crippen LogP contribution < -0.4 is 0 Å². The quantitative estimate of drug-likeness (QED) is 0.706. The number of hydrogen-bond acceptors (Lipinski definition) is 2. The highest BCUT2D eigenvalue weighted by Gasteiger charge is 2.95. The molecule has 0 aliphatic heterocycles. The van der Waals surface area contributed by atoms with Gasteiger partial charge in [0, 0.05) is 0 Å². The van der Waals surface area contributed by atoms with Crippen LogP contribution in [0.25, 0.3) is 0 Å². The van der Waals surface area contributed by atoms with Crippen molar-refractivity contribution in [1.29, 1.82) is 0 Å². The predicted octanol–water partition coefficient (Wildman–Crippen LogP) is 0.776. The zero-order valence-electron chi connectivity index (χ0n) is 9.69. The summed E-state index contributed by atoms with van der Waals surface area (Å²) in [4.78, 5) is 23.6. The second-order valence-corrected chi connectivity index (χ2v) is 7.56. The molecule has 4 nitrogen and oxygen atoms in total. The van der Waals surface area contributed by atoms with Crippen molar-refractivity contribution in [2.45, 2.75) is 6.42 Å². The first-order valence-corrected chi connectivity index (χ1v) is 7.08. The molecular formula is C14H14O4. The van der Waals surface area contributed by atoms with Crippen LogP contribution in [-0.2, 0) is 9.59 Å². The van der Waals surface area contributed by atoms with Gasteiger partial charge in [-0.15, -0.1) is 0 Å². The van der Waals surface area contributed by atoms with E-state index >= 15 is 0 Å². The van der Waals surface area contributed by atoms with Crippen LogP contribution in [0, 0.1) is 64.6 Å². The topological polar surface area (TPSA) is 74.6 Å². The summed E-state index contributed by atoms with van der Waals surface area (Å²) in [6.07, 6.45) is 1.29. The number of aliphatic carboxylic acids is 2. The minimum absolute atomic E-state index is 0.0220. The molecule has 4 heteroatoms. The molecule has 0 heterocycles. The Morgan fingerprint density at radius 2 is 1.22 bits per heavy atom. The fourth-order valence-electron chi connectivity index (χ4n) is 8.63. The molecular weight excluding hydrogens is 232 g/mol. The Morgan fingerprint density at radius 1 is 0.778 bits per heavy atom. The van der Waals surface area contributed by atoms with Gasteiger partial charge in [-0.05, 0) is 65.6 Å². The van der Waals surface area contributed by atoms with E-state index in [1.165, 1.54) is 6.42 Å². The molecule has 94 valence electrons. The van der Waals surface area contributed by atoms with E-state index in [2.05, 4.69) is 0 Å². The Labute approximate surface area is 103 Å². The number of carboxylic acid groups (broad SMARTS) is 2. The summed E-state index contributed by atoms with van der Waals surface area (Å²) < 4.78 is 0. The second-order valence-electron chi connectivity index (χ2n) is 7.56. The lowest BCUT2D eigenvalue weighted by Crippen LogP contribution is -2.45. The highest BCUT2D eigenvalue weighted by Crippen LogP contribution is 2.94. The van der Waals surface area contributed by atoms with Crippen molar-refractivity contribution in [3.05, 3.63) is 0 Å². The van der Waals surface area contributed by atoms with Gasteiger partial charge in [0.2, 0.25) is 0 Å². The number of hydrogen-bond donors (Lipinski definition) is 2. The first kappa shape index (κ1) is 8.94. The maximum absolute atomic E-state index is 11.8. The van der Waals surface area contributed by atoms with Crippen molar-refractivity contribution in [1.82, 2.24) is 0 Å². The van der Waals surface area contributed by atoms with Gasteiger partial charge in [0.05, 0.1) is 0 Å². The first-order chi connectivity index (χ1) is 8.61. The molecule has 18 heavy (non-hydrogen) atoms. The van der Waals surface area contributed by atoms with E-state index in [-0.39, 0.29) is 11.8 Å². The van der Waals surface area contributed by atoms with Crippen LogP contribution in [0.15, 0.2) is 0 Å². The minimum atomic E-state index is -1.40. The summed E-state index contributed by atoms with van der Waals surface area (Å²) in [5.41, 5.74) is -1.40. The molecule has 0 spiro atoms. The third-order valence-corrected chi connectivity index (χ3v) is 8.16. The highest BCUT2D eigenvalue weighted by molar-refractivity contribution is 6.01. The van der Waals surface area contributed by atoms with Crippen LogP contribution >= 0.6 is 0 Å². The van der Waals surface area contributed by atoms with E-state index in [1.54, 1.807) is 0 Å². The predicted molar refractivity (Wildman–Crippen MR) is 57.2 cm³/mol. The summed E-state index contributed by atoms with van der Waals surface area (Å²) in [6.45, 7) is 0. The van der Waals surface area contributed by atoms with Crippen molar-refractivity contribution in [2.75, 3.05) is 0 Å². The van der Waals surface area contributed by atoms with Gasteiger partial charge in [-0.2, -0.15) is 0 Å². The van der Waals surface area contributed by atoms with Gasteiger partial charge >= 0.3 is 11.9 Å². The average molecular weight is 246 g/mol. The molecule has 4 bridgehead atoms. The summed E-state index contributed by atoms with van der Waals surface area (Å²) in [7, 11) is 0. The van der Waals surface area contributed by atoms with Gasteiger partial charge in [0.15, 0.2) is 5.41 Å². The van der Waals surface area contributed by atoms with Gasteiger partial charge in [-0.25, -0.2) is 0 Å². The van der Waals surface area contributed by atoms with Gasteiger partial charge in [-0.1, -0.05) is 0 Å². The summed E-state index contributed by atoms with van der Waals surface area (Å²) in [5, 5.41) is 19.3. The molecule has 7 fully saturated rings. The highest BCUT2D eigenvalue weighted by atomic mass is 16.4. The third kappa shape index (κ3) is 0.466. The van der Waals surface area contributed by atoms with Crippen molar-refractivity contribution in [3.63, 3.8) is 0 Å². The molecule has 7 rings (SSSR count). The number of carbonyl (C=O) groups is 2. The van der Waals surface area contributed by atoms with Crippen molar-refractivity contribution < 1.29 is 19.8 Å². The van der Waals surface area contributed by atoms with E-state index in [1.807, 2.05) is 0 Å². The Hall–Kier alpha value is -1.06. The lowest BCUT2D eigenvalue weighted by atomic mass is 9.60. The molecule has 2 N–H and O–H groups in total. The number of rotatable bonds is 2. The molecule has 0 amide bonds. The maximum atomic E-state index is 11.8. The van der Waals surface area contributed by atoms with Gasteiger partial charge in [-0.3, -0.25) is 9.59 Å². The Morgan fingerprint density at radius 3 is 1.61 bits per heavy atom. The van der Waals surface area contributed by atoms with Crippen LogP contribution in [0.2, 0.25) is 0 Å². The van der Waals surface area contributed by atoms with Crippen LogP contribution in [0.4, 0.5) is 0 Å². The molecule has 10 atom stereocenters. The fourth-order valence-corrected chi connectivity index (χ4v) is 8.63. The van der Waals surface area contributed by atoms with E-state index in [4.69, 9.17) is 0 Å². The van der Waals surface area contributed by atoms with Crippen LogP contribution in [-0.4, -0.2) is 22.2 Å². The first-order valence-electron chi connectivity index (χ1n) is 7.08. The van der Waals surface area contributed by atoms with Gasteiger partial charge < -0.3 is 10.2 Å². The van der Waals surface area contributed by atoms with Crippen molar-refractivity contribution in [3.8, 4) is 0 Å². The van der Waals surface area contributed by atoms with Gasteiger partial charge in [0.25, 0.3) is 0 Å². The van der Waals surface area contributed by atoms with Gasteiger partial charge in [0.1, 0.15) is 0 Å².